The fraction of sp³-hybridized carbons (Fsp3) is 0.769. The van der Waals surface area contributed by atoms with Crippen LogP contribution in [0.5, 0.6) is 0 Å². The van der Waals surface area contributed by atoms with Crippen molar-refractivity contribution in [3.8, 4) is 0 Å². The number of carbonyl (C=O) groups excluding carboxylic acids is 1. The SMILES string of the molecule is CCCN1CCN(C(=O)C2C=CC(N)C2)CC1. The first kappa shape index (κ1) is 12.6. The van der Waals surface area contributed by atoms with Gasteiger partial charge in [-0.3, -0.25) is 9.69 Å². The zero-order valence-electron chi connectivity index (χ0n) is 10.6. The minimum Gasteiger partial charge on any atom is -0.340 e. The molecule has 2 atom stereocenters. The molecular weight excluding hydrogens is 214 g/mol. The third-order valence-corrected chi connectivity index (χ3v) is 3.66. The molecule has 4 heteroatoms. The van der Waals surface area contributed by atoms with E-state index in [2.05, 4.69) is 11.8 Å². The van der Waals surface area contributed by atoms with Crippen LogP contribution in [0.2, 0.25) is 0 Å². The van der Waals surface area contributed by atoms with Gasteiger partial charge in [0.1, 0.15) is 0 Å². The minimum atomic E-state index is 0.0303. The standard InChI is InChI=1S/C13H23N3O/c1-2-5-15-6-8-16(9-7-15)13(17)11-3-4-12(14)10-11/h3-4,11-12H,2,5-10,14H2,1H3. The van der Waals surface area contributed by atoms with Crippen LogP contribution in [0.4, 0.5) is 0 Å². The maximum absolute atomic E-state index is 12.2. The molecule has 2 unspecified atom stereocenters. The summed E-state index contributed by atoms with van der Waals surface area (Å²) in [4.78, 5) is 16.6. The van der Waals surface area contributed by atoms with Gasteiger partial charge in [0.15, 0.2) is 0 Å². The van der Waals surface area contributed by atoms with Crippen LogP contribution in [0.1, 0.15) is 19.8 Å². The topological polar surface area (TPSA) is 49.6 Å². The zero-order chi connectivity index (χ0) is 12.3. The number of carbonyl (C=O) groups is 1. The van der Waals surface area contributed by atoms with Crippen LogP contribution in [0.25, 0.3) is 0 Å². The Hall–Kier alpha value is -0.870. The van der Waals surface area contributed by atoms with Gasteiger partial charge in [-0.05, 0) is 19.4 Å². The molecule has 2 aliphatic rings. The normalized spacial score (nSPS) is 29.9. The average molecular weight is 237 g/mol. The van der Waals surface area contributed by atoms with Crippen molar-refractivity contribution in [1.82, 2.24) is 9.80 Å². The predicted octanol–water partition coefficient (Wildman–Crippen LogP) is 0.444. The number of hydrogen-bond acceptors (Lipinski definition) is 3. The molecule has 1 saturated heterocycles. The van der Waals surface area contributed by atoms with Crippen LogP contribution >= 0.6 is 0 Å². The van der Waals surface area contributed by atoms with Gasteiger partial charge in [0.25, 0.3) is 0 Å². The molecule has 0 aromatic heterocycles. The largest absolute Gasteiger partial charge is 0.340 e. The lowest BCUT2D eigenvalue weighted by Crippen LogP contribution is -2.50. The molecule has 1 aliphatic carbocycles. The molecule has 2 N–H and O–H groups in total. The number of amides is 1. The van der Waals surface area contributed by atoms with E-state index < -0.39 is 0 Å². The quantitative estimate of drug-likeness (QED) is 0.725. The van der Waals surface area contributed by atoms with E-state index in [9.17, 15) is 4.79 Å². The van der Waals surface area contributed by atoms with Crippen molar-refractivity contribution >= 4 is 5.91 Å². The van der Waals surface area contributed by atoms with Gasteiger partial charge in [0, 0.05) is 32.2 Å². The molecule has 0 bridgehead atoms. The van der Waals surface area contributed by atoms with E-state index in [1.165, 1.54) is 6.42 Å². The fourth-order valence-corrected chi connectivity index (χ4v) is 2.65. The summed E-state index contributed by atoms with van der Waals surface area (Å²) in [6, 6.07) is 0.0744. The van der Waals surface area contributed by atoms with Gasteiger partial charge in [-0.1, -0.05) is 19.1 Å². The lowest BCUT2D eigenvalue weighted by atomic mass is 10.1. The minimum absolute atomic E-state index is 0.0303. The fourth-order valence-electron chi connectivity index (χ4n) is 2.65. The summed E-state index contributed by atoms with van der Waals surface area (Å²) in [6.45, 7) is 7.12. The third kappa shape index (κ3) is 3.07. The first-order valence-electron chi connectivity index (χ1n) is 6.65. The second-order valence-electron chi connectivity index (χ2n) is 5.06. The first-order valence-corrected chi connectivity index (χ1v) is 6.65. The molecule has 4 nitrogen and oxygen atoms in total. The van der Waals surface area contributed by atoms with Crippen LogP contribution in [0.15, 0.2) is 12.2 Å². The van der Waals surface area contributed by atoms with E-state index in [-0.39, 0.29) is 17.9 Å². The molecule has 1 aliphatic heterocycles. The summed E-state index contributed by atoms with van der Waals surface area (Å²) in [5, 5.41) is 0. The molecule has 0 aromatic carbocycles. The highest BCUT2D eigenvalue weighted by molar-refractivity contribution is 5.81. The maximum atomic E-state index is 12.2. The van der Waals surface area contributed by atoms with Crippen LogP contribution in [-0.4, -0.2) is 54.5 Å². The molecule has 1 amide bonds. The Morgan fingerprint density at radius 1 is 1.29 bits per heavy atom. The third-order valence-electron chi connectivity index (χ3n) is 3.66. The summed E-state index contributed by atoms with van der Waals surface area (Å²) in [5.74, 6) is 0.299. The second-order valence-corrected chi connectivity index (χ2v) is 5.06. The highest BCUT2D eigenvalue weighted by Crippen LogP contribution is 2.19. The van der Waals surface area contributed by atoms with Crippen molar-refractivity contribution in [1.29, 1.82) is 0 Å². The van der Waals surface area contributed by atoms with Gasteiger partial charge in [0.05, 0.1) is 5.92 Å². The van der Waals surface area contributed by atoms with E-state index in [4.69, 9.17) is 5.73 Å². The van der Waals surface area contributed by atoms with Crippen LogP contribution < -0.4 is 5.73 Å². The predicted molar refractivity (Wildman–Crippen MR) is 68.5 cm³/mol. The lowest BCUT2D eigenvalue weighted by molar-refractivity contribution is -0.135. The highest BCUT2D eigenvalue weighted by Gasteiger charge is 2.28. The number of rotatable bonds is 3. The van der Waals surface area contributed by atoms with Gasteiger partial charge in [-0.2, -0.15) is 0 Å². The summed E-state index contributed by atoms with van der Waals surface area (Å²) in [5.41, 5.74) is 5.79. The van der Waals surface area contributed by atoms with Crippen molar-refractivity contribution in [3.05, 3.63) is 12.2 Å². The van der Waals surface area contributed by atoms with E-state index in [0.29, 0.717) is 0 Å². The molecule has 2 rings (SSSR count). The number of nitrogens with zero attached hydrogens (tertiary/aromatic N) is 2. The Bertz CT molecular complexity index is 295. The lowest BCUT2D eigenvalue weighted by Gasteiger charge is -2.35. The zero-order valence-corrected chi connectivity index (χ0v) is 10.6. The number of piperazine rings is 1. The van der Waals surface area contributed by atoms with Crippen molar-refractivity contribution < 1.29 is 4.79 Å². The average Bonchev–Trinajstić information content (AvgIpc) is 2.76. The highest BCUT2D eigenvalue weighted by atomic mass is 16.2. The van der Waals surface area contributed by atoms with E-state index in [1.807, 2.05) is 17.1 Å². The molecule has 0 aromatic rings. The smallest absolute Gasteiger partial charge is 0.229 e. The van der Waals surface area contributed by atoms with Gasteiger partial charge in [0.2, 0.25) is 5.91 Å². The number of hydrogen-bond donors (Lipinski definition) is 1. The molecule has 96 valence electrons. The van der Waals surface area contributed by atoms with Crippen LogP contribution in [0, 0.1) is 5.92 Å². The molecule has 0 radical (unpaired) electrons. The number of nitrogens with two attached hydrogens (primary N) is 1. The first-order chi connectivity index (χ1) is 8.20. The van der Waals surface area contributed by atoms with Gasteiger partial charge >= 0.3 is 0 Å². The monoisotopic (exact) mass is 237 g/mol. The Morgan fingerprint density at radius 2 is 2.00 bits per heavy atom. The molecule has 1 heterocycles. The maximum Gasteiger partial charge on any atom is 0.229 e. The Balaban J connectivity index is 1.80. The molecular formula is C13H23N3O. The Morgan fingerprint density at radius 3 is 2.53 bits per heavy atom. The van der Waals surface area contributed by atoms with E-state index in [1.54, 1.807) is 0 Å². The van der Waals surface area contributed by atoms with Crippen molar-refractivity contribution in [3.63, 3.8) is 0 Å². The van der Waals surface area contributed by atoms with E-state index >= 15 is 0 Å². The van der Waals surface area contributed by atoms with E-state index in [0.717, 1.165) is 39.1 Å². The summed E-state index contributed by atoms with van der Waals surface area (Å²) in [7, 11) is 0. The molecule has 0 spiro atoms. The molecule has 1 fully saturated rings. The van der Waals surface area contributed by atoms with Crippen LogP contribution in [-0.2, 0) is 4.79 Å². The van der Waals surface area contributed by atoms with Gasteiger partial charge in [-0.15, -0.1) is 0 Å². The van der Waals surface area contributed by atoms with Gasteiger partial charge in [-0.25, -0.2) is 0 Å². The van der Waals surface area contributed by atoms with Crippen molar-refractivity contribution in [2.75, 3.05) is 32.7 Å². The Kier molecular flexibility index (Phi) is 4.18. The summed E-state index contributed by atoms with van der Waals surface area (Å²) < 4.78 is 0. The Labute approximate surface area is 103 Å². The van der Waals surface area contributed by atoms with Crippen molar-refractivity contribution in [2.45, 2.75) is 25.8 Å². The van der Waals surface area contributed by atoms with Crippen molar-refractivity contribution in [2.24, 2.45) is 11.7 Å². The molecule has 17 heavy (non-hydrogen) atoms. The van der Waals surface area contributed by atoms with Crippen LogP contribution in [0.3, 0.4) is 0 Å². The summed E-state index contributed by atoms with van der Waals surface area (Å²) in [6.07, 6.45) is 5.91. The summed E-state index contributed by atoms with van der Waals surface area (Å²) >= 11 is 0. The molecule has 0 saturated carbocycles. The second kappa shape index (κ2) is 5.65. The van der Waals surface area contributed by atoms with Gasteiger partial charge < -0.3 is 10.6 Å².